The van der Waals surface area contributed by atoms with E-state index in [4.69, 9.17) is 4.98 Å². The normalized spacial score (nSPS) is 12.1. The molecular formula is C23H23N7. The number of pyridine rings is 2. The van der Waals surface area contributed by atoms with Crippen molar-refractivity contribution in [2.24, 2.45) is 0 Å². The van der Waals surface area contributed by atoms with Crippen molar-refractivity contribution in [1.82, 2.24) is 34.7 Å². The molecule has 30 heavy (non-hydrogen) atoms. The molecule has 7 nitrogen and oxygen atoms in total. The van der Waals surface area contributed by atoms with Gasteiger partial charge in [0, 0.05) is 29.9 Å². The number of hydrogen-bond acceptors (Lipinski definition) is 5. The van der Waals surface area contributed by atoms with Gasteiger partial charge < -0.3 is 0 Å². The number of rotatable bonds is 5. The van der Waals surface area contributed by atoms with Crippen LogP contribution < -0.4 is 0 Å². The lowest BCUT2D eigenvalue weighted by Gasteiger charge is -2.26. The van der Waals surface area contributed by atoms with E-state index in [1.165, 1.54) is 0 Å². The predicted octanol–water partition coefficient (Wildman–Crippen LogP) is 4.43. The van der Waals surface area contributed by atoms with Crippen molar-refractivity contribution in [2.45, 2.75) is 39.3 Å². The lowest BCUT2D eigenvalue weighted by Crippen LogP contribution is -2.29. The Balaban J connectivity index is 1.60. The van der Waals surface area contributed by atoms with Crippen molar-refractivity contribution in [2.75, 3.05) is 0 Å². The quantitative estimate of drug-likeness (QED) is 0.438. The summed E-state index contributed by atoms with van der Waals surface area (Å²) in [5.41, 5.74) is 5.06. The van der Waals surface area contributed by atoms with Gasteiger partial charge in [-0.1, -0.05) is 24.3 Å². The summed E-state index contributed by atoms with van der Waals surface area (Å²) in [6.07, 6.45) is 6.75. The Hall–Kier alpha value is -3.61. The van der Waals surface area contributed by atoms with Crippen LogP contribution in [0.25, 0.3) is 33.3 Å². The summed E-state index contributed by atoms with van der Waals surface area (Å²) in [5, 5.41) is 14.4. The van der Waals surface area contributed by atoms with E-state index in [-0.39, 0.29) is 0 Å². The first-order valence-corrected chi connectivity index (χ1v) is 10.2. The highest BCUT2D eigenvalue weighted by Gasteiger charge is 2.27. The minimum atomic E-state index is -0.434. The van der Waals surface area contributed by atoms with Crippen LogP contribution in [0.5, 0.6) is 0 Å². The van der Waals surface area contributed by atoms with E-state index in [0.717, 1.165) is 51.9 Å². The van der Waals surface area contributed by atoms with Crippen LogP contribution in [0, 0.1) is 0 Å². The molecule has 0 aliphatic carbocycles. The monoisotopic (exact) mass is 397 g/mol. The first-order chi connectivity index (χ1) is 14.6. The summed E-state index contributed by atoms with van der Waals surface area (Å²) in [4.78, 5) is 9.33. The number of aromatic nitrogens is 7. The zero-order valence-corrected chi connectivity index (χ0v) is 17.3. The van der Waals surface area contributed by atoms with Gasteiger partial charge in [0.2, 0.25) is 0 Å². The predicted molar refractivity (Wildman–Crippen MR) is 117 cm³/mol. The zero-order valence-electron chi connectivity index (χ0n) is 17.3. The number of aryl methyl sites for hydroxylation is 1. The molecule has 0 radical (unpaired) electrons. The Kier molecular flexibility index (Phi) is 4.31. The number of nitrogens with zero attached hydrogens (tertiary/aromatic N) is 7. The maximum atomic E-state index is 4.91. The molecule has 0 saturated heterocycles. The molecule has 0 fully saturated rings. The number of hydrogen-bond donors (Lipinski definition) is 0. The molecule has 0 amide bonds. The van der Waals surface area contributed by atoms with Crippen molar-refractivity contribution in [3.8, 4) is 11.3 Å². The summed E-state index contributed by atoms with van der Waals surface area (Å²) in [6.45, 7) is 7.30. The van der Waals surface area contributed by atoms with Crippen molar-refractivity contribution in [3.63, 3.8) is 0 Å². The van der Waals surface area contributed by atoms with Crippen LogP contribution in [0.3, 0.4) is 0 Å². The van der Waals surface area contributed by atoms with E-state index in [2.05, 4.69) is 59.4 Å². The molecule has 0 aliphatic heterocycles. The Labute approximate surface area is 174 Å². The molecule has 0 aliphatic rings. The summed E-state index contributed by atoms with van der Waals surface area (Å²) >= 11 is 0. The lowest BCUT2D eigenvalue weighted by atomic mass is 9.93. The molecule has 7 heteroatoms. The summed E-state index contributed by atoms with van der Waals surface area (Å²) in [6, 6.07) is 14.3. The van der Waals surface area contributed by atoms with Crippen LogP contribution in [0.4, 0.5) is 0 Å². The van der Waals surface area contributed by atoms with Crippen molar-refractivity contribution < 1.29 is 0 Å². The lowest BCUT2D eigenvalue weighted by molar-refractivity contribution is 0.391. The van der Waals surface area contributed by atoms with E-state index in [0.29, 0.717) is 0 Å². The third-order valence-electron chi connectivity index (χ3n) is 5.52. The fraction of sp³-hybridized carbons (Fsp3) is 0.261. The van der Waals surface area contributed by atoms with Gasteiger partial charge in [-0.15, -0.1) is 5.10 Å². The van der Waals surface area contributed by atoms with Crippen LogP contribution in [-0.2, 0) is 12.1 Å². The van der Waals surface area contributed by atoms with E-state index < -0.39 is 5.54 Å². The van der Waals surface area contributed by atoms with Crippen molar-refractivity contribution >= 4 is 22.1 Å². The van der Waals surface area contributed by atoms with Crippen LogP contribution in [-0.4, -0.2) is 34.7 Å². The molecule has 150 valence electrons. The molecule has 4 aromatic heterocycles. The summed E-state index contributed by atoms with van der Waals surface area (Å²) in [7, 11) is 0. The highest BCUT2D eigenvalue weighted by molar-refractivity contribution is 5.79. The largest absolute Gasteiger partial charge is 0.272 e. The Morgan fingerprint density at radius 3 is 2.77 bits per heavy atom. The van der Waals surface area contributed by atoms with Crippen molar-refractivity contribution in [1.29, 1.82) is 0 Å². The molecule has 5 rings (SSSR count). The van der Waals surface area contributed by atoms with E-state index >= 15 is 0 Å². The van der Waals surface area contributed by atoms with Crippen LogP contribution in [0.1, 0.15) is 32.8 Å². The average Bonchev–Trinajstić information content (AvgIpc) is 3.40. The second-order valence-corrected chi connectivity index (χ2v) is 8.00. The molecule has 0 saturated carbocycles. The number of fused-ring (bicyclic) bond motifs is 2. The molecule has 1 aromatic carbocycles. The van der Waals surface area contributed by atoms with E-state index in [1.54, 1.807) is 0 Å². The Morgan fingerprint density at radius 1 is 1.03 bits per heavy atom. The van der Waals surface area contributed by atoms with Gasteiger partial charge in [-0.05, 0) is 56.2 Å². The molecule has 0 N–H and O–H groups in total. The summed E-state index contributed by atoms with van der Waals surface area (Å²) < 4.78 is 3.85. The number of benzene rings is 1. The second kappa shape index (κ2) is 7.02. The van der Waals surface area contributed by atoms with Gasteiger partial charge in [-0.2, -0.15) is 5.10 Å². The maximum Gasteiger partial charge on any atom is 0.179 e. The SMILES string of the molecule is CCCn1cc(-c2ccc3nnn(C(C)(C)c4ccc5ncccc5c4)c3n2)cn1. The minimum Gasteiger partial charge on any atom is -0.272 e. The molecule has 0 atom stereocenters. The van der Waals surface area contributed by atoms with Gasteiger partial charge in [0.15, 0.2) is 5.65 Å². The van der Waals surface area contributed by atoms with Crippen LogP contribution >= 0.6 is 0 Å². The maximum absolute atomic E-state index is 4.91. The van der Waals surface area contributed by atoms with Crippen molar-refractivity contribution in [3.05, 3.63) is 66.6 Å². The average molecular weight is 397 g/mol. The fourth-order valence-corrected chi connectivity index (χ4v) is 3.77. The van der Waals surface area contributed by atoms with Gasteiger partial charge in [-0.3, -0.25) is 9.67 Å². The molecular weight excluding hydrogens is 374 g/mol. The van der Waals surface area contributed by atoms with Crippen LogP contribution in [0.15, 0.2) is 61.1 Å². The molecule has 0 unspecified atom stereocenters. The third kappa shape index (κ3) is 3.03. The minimum absolute atomic E-state index is 0.434. The van der Waals surface area contributed by atoms with Gasteiger partial charge >= 0.3 is 0 Å². The summed E-state index contributed by atoms with van der Waals surface area (Å²) in [5.74, 6) is 0. The van der Waals surface area contributed by atoms with Gasteiger partial charge in [0.1, 0.15) is 5.52 Å². The van der Waals surface area contributed by atoms with E-state index in [9.17, 15) is 0 Å². The zero-order chi connectivity index (χ0) is 20.7. The molecule has 4 heterocycles. The third-order valence-corrected chi connectivity index (χ3v) is 5.52. The van der Waals surface area contributed by atoms with Crippen LogP contribution in [0.2, 0.25) is 0 Å². The standard InChI is InChI=1S/C23H23N7/c1-4-12-29-15-17(14-25-29)20-9-10-21-22(26-20)30(28-27-21)23(2,3)18-7-8-19-16(13-18)6-5-11-24-19/h5-11,13-15H,4,12H2,1-3H3. The topological polar surface area (TPSA) is 74.3 Å². The Morgan fingerprint density at radius 2 is 1.90 bits per heavy atom. The molecule has 0 bridgehead atoms. The molecule has 0 spiro atoms. The second-order valence-electron chi connectivity index (χ2n) is 8.00. The first-order valence-electron chi connectivity index (χ1n) is 10.2. The highest BCUT2D eigenvalue weighted by Crippen LogP contribution is 2.30. The molecule has 5 aromatic rings. The highest BCUT2D eigenvalue weighted by atomic mass is 15.5. The Bertz CT molecular complexity index is 1350. The van der Waals surface area contributed by atoms with Gasteiger partial charge in [0.05, 0.1) is 22.9 Å². The fourth-order valence-electron chi connectivity index (χ4n) is 3.77. The van der Waals surface area contributed by atoms with Gasteiger partial charge in [-0.25, -0.2) is 9.67 Å². The smallest absolute Gasteiger partial charge is 0.179 e. The van der Waals surface area contributed by atoms with E-state index in [1.807, 2.05) is 52.2 Å². The van der Waals surface area contributed by atoms with Gasteiger partial charge in [0.25, 0.3) is 0 Å². The first kappa shape index (κ1) is 18.4.